The minimum Gasteiger partial charge on any atom is -0.870 e. The van der Waals surface area contributed by atoms with Crippen molar-refractivity contribution in [1.82, 2.24) is 0 Å². The molecule has 0 saturated carbocycles. The zero-order chi connectivity index (χ0) is 9.12. The van der Waals surface area contributed by atoms with Crippen LogP contribution >= 0.6 is 0 Å². The molecule has 0 aromatic carbocycles. The molecular weight excluding hydrogens is 271 g/mol. The third-order valence-corrected chi connectivity index (χ3v) is 8.33. The van der Waals surface area contributed by atoms with Gasteiger partial charge in [0.05, 0.1) is 0 Å². The molecule has 0 fully saturated rings. The van der Waals surface area contributed by atoms with Gasteiger partial charge in [-0.3, -0.25) is 0 Å². The van der Waals surface area contributed by atoms with E-state index < -0.39 is 0 Å². The largest absolute Gasteiger partial charge is 0.870 e. The molecular formula is C10H24O2Sn. The summed E-state index contributed by atoms with van der Waals surface area (Å²) in [5.74, 6) is 0. The first kappa shape index (κ1) is 19.3. The van der Waals surface area contributed by atoms with Gasteiger partial charge in [0.25, 0.3) is 0 Å². The molecule has 13 heavy (non-hydrogen) atoms. The molecule has 3 heteroatoms. The van der Waals surface area contributed by atoms with Gasteiger partial charge in [0.1, 0.15) is 0 Å². The molecule has 0 amide bonds. The van der Waals surface area contributed by atoms with Crippen molar-refractivity contribution in [3.05, 3.63) is 0 Å². The smallest absolute Gasteiger partial charge is 0.870 e. The van der Waals surface area contributed by atoms with Crippen LogP contribution in [0.1, 0.15) is 54.4 Å². The quantitative estimate of drug-likeness (QED) is 0.744. The molecule has 0 aliphatic rings. The van der Waals surface area contributed by atoms with E-state index in [9.17, 15) is 0 Å². The summed E-state index contributed by atoms with van der Waals surface area (Å²) in [6.45, 7) is 14.4. The maximum Gasteiger partial charge on any atom is -0.870 e. The Bertz CT molecular complexity index is 108. The molecule has 0 spiro atoms. The van der Waals surface area contributed by atoms with Crippen molar-refractivity contribution in [2.45, 2.75) is 61.2 Å². The van der Waals surface area contributed by atoms with E-state index in [1.54, 1.807) is 0 Å². The molecule has 80 valence electrons. The van der Waals surface area contributed by atoms with Crippen LogP contribution in [0.15, 0.2) is 0 Å². The first-order valence-corrected chi connectivity index (χ1v) is 7.48. The van der Waals surface area contributed by atoms with Crippen LogP contribution in [0.4, 0.5) is 0 Å². The van der Waals surface area contributed by atoms with Gasteiger partial charge >= 0.3 is 82.4 Å². The van der Waals surface area contributed by atoms with E-state index in [2.05, 4.69) is 41.5 Å². The van der Waals surface area contributed by atoms with Crippen molar-refractivity contribution in [2.75, 3.05) is 0 Å². The zero-order valence-electron chi connectivity index (χ0n) is 9.81. The van der Waals surface area contributed by atoms with Gasteiger partial charge in [0, 0.05) is 0 Å². The summed E-state index contributed by atoms with van der Waals surface area (Å²) in [6, 6.07) is 0. The van der Waals surface area contributed by atoms with Crippen molar-refractivity contribution >= 4 is 21.1 Å². The number of rotatable bonds is 4. The predicted octanol–water partition coefficient (Wildman–Crippen LogP) is 3.55. The summed E-state index contributed by atoms with van der Waals surface area (Å²) in [6.07, 6.45) is 2.73. The fourth-order valence-electron chi connectivity index (χ4n) is 1.09. The van der Waals surface area contributed by atoms with E-state index in [-0.39, 0.29) is 32.1 Å². The second-order valence-electron chi connectivity index (χ2n) is 4.60. The van der Waals surface area contributed by atoms with Crippen LogP contribution in [0.5, 0.6) is 0 Å². The van der Waals surface area contributed by atoms with Gasteiger partial charge in [0.2, 0.25) is 0 Å². The Labute approximate surface area is 93.3 Å². The summed E-state index contributed by atoms with van der Waals surface area (Å²) in [5.41, 5.74) is 0. The van der Waals surface area contributed by atoms with Crippen molar-refractivity contribution < 1.29 is 11.0 Å². The second-order valence-corrected chi connectivity index (χ2v) is 13.0. The SMILES string of the molecule is CC[C](C)(C)[Sn+2][C](C)(C)CC.[OH-].[OH-]. The Kier molecular flexibility index (Phi) is 10.5. The first-order chi connectivity index (χ1) is 4.83. The topological polar surface area (TPSA) is 60.0 Å². The zero-order valence-corrected chi connectivity index (χ0v) is 12.7. The fraction of sp³-hybridized carbons (Fsp3) is 1.00. The van der Waals surface area contributed by atoms with Gasteiger partial charge < -0.3 is 11.0 Å². The van der Waals surface area contributed by atoms with Gasteiger partial charge in [-0.15, -0.1) is 0 Å². The Balaban J connectivity index is -0.000000500. The summed E-state index contributed by atoms with van der Waals surface area (Å²) < 4.78 is 1.39. The molecule has 0 aliphatic heterocycles. The van der Waals surface area contributed by atoms with E-state index in [4.69, 9.17) is 0 Å². The van der Waals surface area contributed by atoms with Crippen LogP contribution in [0.3, 0.4) is 0 Å². The van der Waals surface area contributed by atoms with Gasteiger partial charge in [-0.1, -0.05) is 0 Å². The minimum atomic E-state index is -0.218. The Morgan fingerprint density at radius 1 is 0.769 bits per heavy atom. The number of hydrogen-bond donors (Lipinski definition) is 0. The first-order valence-electron chi connectivity index (χ1n) is 4.62. The van der Waals surface area contributed by atoms with Crippen LogP contribution in [-0.2, 0) is 0 Å². The molecule has 0 heterocycles. The van der Waals surface area contributed by atoms with Crippen LogP contribution in [0, 0.1) is 0 Å². The maximum absolute atomic E-state index is 2.44. The van der Waals surface area contributed by atoms with E-state index in [1.165, 1.54) is 12.8 Å². The van der Waals surface area contributed by atoms with Crippen LogP contribution in [0.2, 0.25) is 6.86 Å². The van der Waals surface area contributed by atoms with Crippen molar-refractivity contribution in [3.8, 4) is 0 Å². The van der Waals surface area contributed by atoms with Crippen LogP contribution in [0.25, 0.3) is 0 Å². The summed E-state index contributed by atoms with van der Waals surface area (Å²) in [7, 11) is 0. The molecule has 2 nitrogen and oxygen atoms in total. The molecule has 0 atom stereocenters. The van der Waals surface area contributed by atoms with Crippen LogP contribution < -0.4 is 0 Å². The van der Waals surface area contributed by atoms with Gasteiger partial charge in [-0.05, 0) is 0 Å². The fourth-order valence-corrected chi connectivity index (χ4v) is 7.33. The third kappa shape index (κ3) is 9.03. The third-order valence-electron chi connectivity index (χ3n) is 2.44. The van der Waals surface area contributed by atoms with E-state index in [1.807, 2.05) is 0 Å². The molecule has 0 aromatic heterocycles. The molecule has 0 radical (unpaired) electrons. The summed E-state index contributed by atoms with van der Waals surface area (Å²) in [5, 5.41) is 0. The molecule has 2 N–H and O–H groups in total. The molecule has 0 bridgehead atoms. The second kappa shape index (κ2) is 7.07. The molecule has 0 aliphatic carbocycles. The number of hydrogen-bond acceptors (Lipinski definition) is 2. The monoisotopic (exact) mass is 296 g/mol. The van der Waals surface area contributed by atoms with E-state index in [0.29, 0.717) is 6.86 Å². The Hall–Kier alpha value is 0.719. The average Bonchev–Trinajstić information content (AvgIpc) is 1.86. The standard InChI is InChI=1S/2C5H11.2H2O.Sn/c2*1-4-5(2)3;;;/h2*4H2,1-3H3;2*1H2;/q;;;;+2/p-2. The minimum absolute atomic E-state index is 0. The van der Waals surface area contributed by atoms with Gasteiger partial charge in [-0.25, -0.2) is 0 Å². The van der Waals surface area contributed by atoms with Crippen molar-refractivity contribution in [1.29, 1.82) is 0 Å². The predicted molar refractivity (Wildman–Crippen MR) is 58.3 cm³/mol. The maximum atomic E-state index is 2.44. The molecule has 0 saturated heterocycles. The Morgan fingerprint density at radius 3 is 1.15 bits per heavy atom. The van der Waals surface area contributed by atoms with Crippen molar-refractivity contribution in [3.63, 3.8) is 0 Å². The molecule has 0 rings (SSSR count). The van der Waals surface area contributed by atoms with Gasteiger partial charge in [0.15, 0.2) is 0 Å². The Morgan fingerprint density at radius 2 is 1.00 bits per heavy atom. The van der Waals surface area contributed by atoms with Crippen LogP contribution in [-0.4, -0.2) is 32.1 Å². The van der Waals surface area contributed by atoms with E-state index >= 15 is 0 Å². The molecule has 0 aromatic rings. The summed E-state index contributed by atoms with van der Waals surface area (Å²) in [4.78, 5) is 0. The molecule has 0 unspecified atom stereocenters. The van der Waals surface area contributed by atoms with E-state index in [0.717, 1.165) is 0 Å². The van der Waals surface area contributed by atoms with Gasteiger partial charge in [-0.2, -0.15) is 0 Å². The van der Waals surface area contributed by atoms with Crippen molar-refractivity contribution in [2.24, 2.45) is 0 Å². The average molecular weight is 295 g/mol. The summed E-state index contributed by atoms with van der Waals surface area (Å²) >= 11 is -0.218. The normalized spacial score (nSPS) is 10.9.